The molecular formula is C11H22N2O2. The van der Waals surface area contributed by atoms with Crippen molar-refractivity contribution in [2.24, 2.45) is 0 Å². The zero-order valence-electron chi connectivity index (χ0n) is 9.58. The molecule has 15 heavy (non-hydrogen) atoms. The predicted octanol–water partition coefficient (Wildman–Crippen LogP) is 0.0856. The van der Waals surface area contributed by atoms with Crippen LogP contribution in [0, 0.1) is 0 Å². The third kappa shape index (κ3) is 3.14. The van der Waals surface area contributed by atoms with E-state index < -0.39 is 0 Å². The van der Waals surface area contributed by atoms with Crippen molar-refractivity contribution >= 4 is 0 Å². The molecule has 0 aliphatic carbocycles. The third-order valence-corrected chi connectivity index (χ3v) is 3.33. The monoisotopic (exact) mass is 214 g/mol. The van der Waals surface area contributed by atoms with Crippen LogP contribution in [0.4, 0.5) is 0 Å². The smallest absolute Gasteiger partial charge is 0.0852 e. The molecule has 0 saturated carbocycles. The van der Waals surface area contributed by atoms with Crippen molar-refractivity contribution in [3.8, 4) is 0 Å². The van der Waals surface area contributed by atoms with Gasteiger partial charge < -0.3 is 14.8 Å². The summed E-state index contributed by atoms with van der Waals surface area (Å²) in [4.78, 5) is 2.49. The van der Waals surface area contributed by atoms with Gasteiger partial charge in [0.05, 0.1) is 19.3 Å². The zero-order chi connectivity index (χ0) is 10.5. The van der Waals surface area contributed by atoms with E-state index in [1.165, 1.54) is 0 Å². The fraction of sp³-hybridized carbons (Fsp3) is 1.00. The Hall–Kier alpha value is -0.160. The Bertz CT molecular complexity index is 175. The molecule has 0 aromatic rings. The highest BCUT2D eigenvalue weighted by molar-refractivity contribution is 4.81. The van der Waals surface area contributed by atoms with Gasteiger partial charge in [0.25, 0.3) is 0 Å². The van der Waals surface area contributed by atoms with E-state index in [1.54, 1.807) is 0 Å². The summed E-state index contributed by atoms with van der Waals surface area (Å²) in [6.45, 7) is 9.05. The number of morpholine rings is 1. The molecule has 0 bridgehead atoms. The van der Waals surface area contributed by atoms with E-state index in [0.29, 0.717) is 12.1 Å². The molecule has 4 heteroatoms. The Balaban J connectivity index is 1.83. The average Bonchev–Trinajstić information content (AvgIpc) is 2.58. The largest absolute Gasteiger partial charge is 0.380 e. The highest BCUT2D eigenvalue weighted by atomic mass is 16.5. The number of rotatable bonds is 2. The van der Waals surface area contributed by atoms with Gasteiger partial charge in [0.1, 0.15) is 0 Å². The average molecular weight is 214 g/mol. The van der Waals surface area contributed by atoms with Gasteiger partial charge in [-0.15, -0.1) is 0 Å². The summed E-state index contributed by atoms with van der Waals surface area (Å²) in [5, 5.41) is 3.39. The summed E-state index contributed by atoms with van der Waals surface area (Å²) >= 11 is 0. The van der Waals surface area contributed by atoms with E-state index in [9.17, 15) is 0 Å². The Kier molecular flexibility index (Phi) is 4.38. The first-order valence-corrected chi connectivity index (χ1v) is 6.02. The lowest BCUT2D eigenvalue weighted by Crippen LogP contribution is -2.51. The minimum absolute atomic E-state index is 0.344. The summed E-state index contributed by atoms with van der Waals surface area (Å²) in [6.07, 6.45) is 1.49. The second kappa shape index (κ2) is 5.80. The number of hydrogen-bond donors (Lipinski definition) is 1. The highest BCUT2D eigenvalue weighted by Gasteiger charge is 2.26. The van der Waals surface area contributed by atoms with Crippen molar-refractivity contribution < 1.29 is 9.47 Å². The molecule has 1 N–H and O–H groups in total. The molecule has 0 aromatic heterocycles. The second-order valence-corrected chi connectivity index (χ2v) is 4.36. The second-order valence-electron chi connectivity index (χ2n) is 4.36. The number of ether oxygens (including phenoxy) is 2. The van der Waals surface area contributed by atoms with Crippen LogP contribution in [-0.4, -0.2) is 63.0 Å². The number of nitrogens with zero attached hydrogens (tertiary/aromatic N) is 1. The highest BCUT2D eigenvalue weighted by Crippen LogP contribution is 2.12. The molecule has 0 radical (unpaired) electrons. The Labute approximate surface area is 91.9 Å². The maximum Gasteiger partial charge on any atom is 0.0852 e. The van der Waals surface area contributed by atoms with Gasteiger partial charge in [-0.25, -0.2) is 0 Å². The maximum atomic E-state index is 5.79. The van der Waals surface area contributed by atoms with Crippen LogP contribution in [0.15, 0.2) is 0 Å². The lowest BCUT2D eigenvalue weighted by atomic mass is 10.1. The van der Waals surface area contributed by atoms with Gasteiger partial charge in [-0.05, 0) is 13.3 Å². The van der Waals surface area contributed by atoms with Crippen LogP contribution in [-0.2, 0) is 9.47 Å². The normalized spacial score (nSPS) is 32.2. The van der Waals surface area contributed by atoms with Gasteiger partial charge in [-0.1, -0.05) is 0 Å². The van der Waals surface area contributed by atoms with Crippen molar-refractivity contribution in [1.29, 1.82) is 0 Å². The van der Waals surface area contributed by atoms with E-state index >= 15 is 0 Å². The van der Waals surface area contributed by atoms with E-state index in [0.717, 1.165) is 52.4 Å². The SMILES string of the molecule is CC(C1CNCCO1)N1CCCOCC1. The predicted molar refractivity (Wildman–Crippen MR) is 59.1 cm³/mol. The summed E-state index contributed by atoms with van der Waals surface area (Å²) in [5.41, 5.74) is 0. The van der Waals surface area contributed by atoms with Crippen LogP contribution in [0.3, 0.4) is 0 Å². The molecule has 0 aromatic carbocycles. The van der Waals surface area contributed by atoms with Crippen molar-refractivity contribution in [2.75, 3.05) is 46.0 Å². The van der Waals surface area contributed by atoms with Crippen LogP contribution < -0.4 is 5.32 Å². The van der Waals surface area contributed by atoms with Gasteiger partial charge in [0.2, 0.25) is 0 Å². The summed E-state index contributed by atoms with van der Waals surface area (Å²) in [6, 6.07) is 0.500. The Morgan fingerprint density at radius 3 is 3.00 bits per heavy atom. The van der Waals surface area contributed by atoms with Crippen LogP contribution in [0.25, 0.3) is 0 Å². The van der Waals surface area contributed by atoms with Crippen molar-refractivity contribution in [1.82, 2.24) is 10.2 Å². The fourth-order valence-electron chi connectivity index (χ4n) is 2.30. The molecule has 2 rings (SSSR count). The van der Waals surface area contributed by atoms with E-state index in [4.69, 9.17) is 9.47 Å². The standard InChI is InChI=1S/C11H22N2O2/c1-10(11-9-12-3-7-15-11)13-4-2-6-14-8-5-13/h10-12H,2-9H2,1H3. The molecule has 2 heterocycles. The van der Waals surface area contributed by atoms with Crippen LogP contribution in [0.1, 0.15) is 13.3 Å². The summed E-state index contributed by atoms with van der Waals surface area (Å²) in [5.74, 6) is 0. The molecule has 2 atom stereocenters. The number of hydrogen-bond acceptors (Lipinski definition) is 4. The summed E-state index contributed by atoms with van der Waals surface area (Å²) in [7, 11) is 0. The molecule has 88 valence electrons. The lowest BCUT2D eigenvalue weighted by molar-refractivity contribution is -0.0262. The molecular weight excluding hydrogens is 192 g/mol. The first-order chi connectivity index (χ1) is 7.38. The molecule has 2 fully saturated rings. The molecule has 2 saturated heterocycles. The van der Waals surface area contributed by atoms with Crippen molar-refractivity contribution in [3.63, 3.8) is 0 Å². The molecule has 2 aliphatic rings. The summed E-state index contributed by atoms with van der Waals surface area (Å²) < 4.78 is 11.3. The van der Waals surface area contributed by atoms with Gasteiger partial charge >= 0.3 is 0 Å². The van der Waals surface area contributed by atoms with Gasteiger partial charge in [0, 0.05) is 38.8 Å². The molecule has 2 unspecified atom stereocenters. The molecule has 0 amide bonds. The van der Waals surface area contributed by atoms with Gasteiger partial charge in [-0.3, -0.25) is 4.90 Å². The van der Waals surface area contributed by atoms with Gasteiger partial charge in [-0.2, -0.15) is 0 Å². The first-order valence-electron chi connectivity index (χ1n) is 6.02. The zero-order valence-corrected chi connectivity index (χ0v) is 9.58. The Morgan fingerprint density at radius 2 is 2.20 bits per heavy atom. The first kappa shape index (κ1) is 11.3. The van der Waals surface area contributed by atoms with Gasteiger partial charge in [0.15, 0.2) is 0 Å². The van der Waals surface area contributed by atoms with Crippen LogP contribution in [0.2, 0.25) is 0 Å². The van der Waals surface area contributed by atoms with Crippen LogP contribution in [0.5, 0.6) is 0 Å². The Morgan fingerprint density at radius 1 is 1.27 bits per heavy atom. The third-order valence-electron chi connectivity index (χ3n) is 3.33. The fourth-order valence-corrected chi connectivity index (χ4v) is 2.30. The molecule has 2 aliphatic heterocycles. The van der Waals surface area contributed by atoms with E-state index in [1.807, 2.05) is 0 Å². The molecule has 4 nitrogen and oxygen atoms in total. The molecule has 0 spiro atoms. The van der Waals surface area contributed by atoms with E-state index in [2.05, 4.69) is 17.1 Å². The van der Waals surface area contributed by atoms with Crippen molar-refractivity contribution in [2.45, 2.75) is 25.5 Å². The van der Waals surface area contributed by atoms with E-state index in [-0.39, 0.29) is 0 Å². The number of nitrogens with one attached hydrogen (secondary N) is 1. The minimum Gasteiger partial charge on any atom is -0.380 e. The topological polar surface area (TPSA) is 33.7 Å². The quantitative estimate of drug-likeness (QED) is 0.706. The van der Waals surface area contributed by atoms with Crippen molar-refractivity contribution in [3.05, 3.63) is 0 Å². The maximum absolute atomic E-state index is 5.79. The minimum atomic E-state index is 0.344. The lowest BCUT2D eigenvalue weighted by Gasteiger charge is -2.35. The van der Waals surface area contributed by atoms with Crippen LogP contribution >= 0.6 is 0 Å².